The Kier molecular flexibility index (Phi) is 12.7. The Balaban J connectivity index is 1.46. The molecule has 2 aliphatic heterocycles. The van der Waals surface area contributed by atoms with Gasteiger partial charge in [-0.05, 0) is 81.5 Å². The fraction of sp³-hybridized carbons (Fsp3) is 0.447. The zero-order valence-electron chi connectivity index (χ0n) is 30.4. The van der Waals surface area contributed by atoms with Gasteiger partial charge in [-0.2, -0.15) is 21.4 Å². The predicted octanol–water partition coefficient (Wildman–Crippen LogP) is 6.30. The van der Waals surface area contributed by atoms with Crippen LogP contribution in [0.1, 0.15) is 90.2 Å². The molecule has 0 radical (unpaired) electrons. The lowest BCUT2D eigenvalue weighted by Gasteiger charge is -2.27. The molecule has 1 amide bonds. The second-order valence-corrected chi connectivity index (χ2v) is 17.2. The molecule has 14 heteroatoms. The second kappa shape index (κ2) is 16.3. The minimum absolute atomic E-state index is 0.0283. The van der Waals surface area contributed by atoms with Crippen LogP contribution in [0.3, 0.4) is 0 Å². The maximum Gasteiger partial charge on any atom is 0.303 e. The van der Waals surface area contributed by atoms with Crippen molar-refractivity contribution in [3.63, 3.8) is 0 Å². The molecule has 2 heterocycles. The van der Waals surface area contributed by atoms with Gasteiger partial charge in [0.05, 0.1) is 15.2 Å². The number of nitrogens with zero attached hydrogens (tertiary/aromatic N) is 2. The minimum Gasteiger partial charge on any atom is -0.481 e. The molecule has 4 rings (SSSR count). The van der Waals surface area contributed by atoms with Crippen LogP contribution in [0.25, 0.3) is 0 Å². The van der Waals surface area contributed by atoms with Crippen molar-refractivity contribution in [2.75, 3.05) is 25.0 Å². The smallest absolute Gasteiger partial charge is 0.303 e. The highest BCUT2D eigenvalue weighted by Gasteiger charge is 2.44. The fourth-order valence-electron chi connectivity index (χ4n) is 7.02. The molecule has 0 saturated carbocycles. The van der Waals surface area contributed by atoms with Crippen LogP contribution in [0.5, 0.6) is 0 Å². The molecule has 0 aromatic heterocycles. The summed E-state index contributed by atoms with van der Waals surface area (Å²) < 4.78 is 68.9. The number of anilines is 1. The zero-order valence-corrected chi connectivity index (χ0v) is 32.1. The van der Waals surface area contributed by atoms with Crippen LogP contribution in [-0.2, 0) is 40.7 Å². The molecule has 0 spiro atoms. The third kappa shape index (κ3) is 9.46. The lowest BCUT2D eigenvalue weighted by atomic mass is 9.81. The molecule has 52 heavy (non-hydrogen) atoms. The topological polar surface area (TPSA) is 181 Å². The first-order valence-corrected chi connectivity index (χ1v) is 20.3. The van der Waals surface area contributed by atoms with E-state index in [9.17, 15) is 35.5 Å². The number of amides is 1. The highest BCUT2D eigenvalue weighted by Crippen LogP contribution is 2.48. The van der Waals surface area contributed by atoms with Crippen LogP contribution in [0.15, 0.2) is 82.3 Å². The van der Waals surface area contributed by atoms with E-state index in [-0.39, 0.29) is 22.1 Å². The Labute approximate surface area is 307 Å². The number of rotatable bonds is 17. The average Bonchev–Trinajstić information content (AvgIpc) is 3.38. The summed E-state index contributed by atoms with van der Waals surface area (Å²) in [6.07, 6.45) is 14.5. The van der Waals surface area contributed by atoms with E-state index in [1.165, 1.54) is 24.3 Å². The van der Waals surface area contributed by atoms with Crippen molar-refractivity contribution in [3.05, 3.63) is 83.6 Å². The molecular formula is C38H50N3O9S2+. The van der Waals surface area contributed by atoms with Gasteiger partial charge < -0.3 is 15.3 Å². The van der Waals surface area contributed by atoms with E-state index in [1.807, 2.05) is 69.7 Å². The Morgan fingerprint density at radius 3 is 2.06 bits per heavy atom. The van der Waals surface area contributed by atoms with E-state index < -0.39 is 37.0 Å². The molecule has 0 unspecified atom stereocenters. The molecule has 2 aromatic carbocycles. The van der Waals surface area contributed by atoms with Gasteiger partial charge in [-0.25, -0.2) is 0 Å². The molecule has 2 aromatic rings. The molecular weight excluding hydrogens is 707 g/mol. The molecule has 4 N–H and O–H groups in total. The van der Waals surface area contributed by atoms with Crippen molar-refractivity contribution in [2.45, 2.75) is 99.7 Å². The number of nitrogens with one attached hydrogen (secondary N) is 1. The average molecular weight is 757 g/mol. The summed E-state index contributed by atoms with van der Waals surface area (Å²) in [7, 11) is -6.84. The van der Waals surface area contributed by atoms with Gasteiger partial charge in [0.15, 0.2) is 5.71 Å². The van der Waals surface area contributed by atoms with E-state index in [4.69, 9.17) is 5.11 Å². The van der Waals surface area contributed by atoms with Gasteiger partial charge in [-0.1, -0.05) is 44.9 Å². The first-order chi connectivity index (χ1) is 24.3. The monoisotopic (exact) mass is 756 g/mol. The Morgan fingerprint density at radius 1 is 0.788 bits per heavy atom. The summed E-state index contributed by atoms with van der Waals surface area (Å²) in [4.78, 5) is 24.7. The Morgan fingerprint density at radius 2 is 1.40 bits per heavy atom. The summed E-state index contributed by atoms with van der Waals surface area (Å²) in [6, 6.07) is 9.23. The number of aliphatic carboxylic acids is 1. The van der Waals surface area contributed by atoms with Crippen LogP contribution < -0.4 is 10.2 Å². The van der Waals surface area contributed by atoms with Crippen molar-refractivity contribution in [1.82, 2.24) is 5.32 Å². The quantitative estimate of drug-likeness (QED) is 0.0619. The number of carbonyl (C=O) groups excluding carboxylic acids is 1. The summed E-state index contributed by atoms with van der Waals surface area (Å²) >= 11 is 0. The number of unbranched alkanes of at least 4 members (excludes halogenated alkanes) is 4. The fourth-order valence-corrected chi connectivity index (χ4v) is 8.03. The first kappa shape index (κ1) is 40.7. The number of carboxylic acids is 1. The second-order valence-electron chi connectivity index (χ2n) is 14.3. The lowest BCUT2D eigenvalue weighted by Crippen LogP contribution is -2.27. The number of fused-ring (bicyclic) bond motifs is 2. The predicted molar refractivity (Wildman–Crippen MR) is 201 cm³/mol. The SMILES string of the molecule is C[N+]1=C(/C=C/C=C/C=C2/N(CCCCCC(=O)NCCCCCC(=O)O)c3ccc(S(=O)(=O)O)cc3C2(C)C)C(C)(C)c2cc(S(=O)(=O)O)ccc21. The summed E-state index contributed by atoms with van der Waals surface area (Å²) in [5.74, 6) is -0.841. The van der Waals surface area contributed by atoms with Crippen LogP contribution >= 0.6 is 0 Å². The van der Waals surface area contributed by atoms with Crippen molar-refractivity contribution in [3.8, 4) is 0 Å². The number of allylic oxidation sites excluding steroid dienone is 6. The van der Waals surface area contributed by atoms with E-state index in [0.29, 0.717) is 32.4 Å². The third-order valence-electron chi connectivity index (χ3n) is 9.87. The van der Waals surface area contributed by atoms with Crippen LogP contribution in [0.2, 0.25) is 0 Å². The Hall–Kier alpha value is -4.11. The van der Waals surface area contributed by atoms with Crippen molar-refractivity contribution >= 4 is 49.2 Å². The minimum atomic E-state index is -4.40. The van der Waals surface area contributed by atoms with Gasteiger partial charge in [-0.3, -0.25) is 18.7 Å². The largest absolute Gasteiger partial charge is 0.481 e. The van der Waals surface area contributed by atoms with E-state index >= 15 is 0 Å². The van der Waals surface area contributed by atoms with Crippen molar-refractivity contribution in [2.24, 2.45) is 0 Å². The lowest BCUT2D eigenvalue weighted by molar-refractivity contribution is -0.401. The molecule has 0 bridgehead atoms. The number of hydrogen-bond donors (Lipinski definition) is 4. The first-order valence-electron chi connectivity index (χ1n) is 17.4. The van der Waals surface area contributed by atoms with Crippen LogP contribution in [-0.4, -0.2) is 73.3 Å². The standard InChI is InChI=1S/C38H49N3O9S2/c1-37(2)29-25-27(51(45,46)47)19-21-31(29)40(5)33(37)15-9-6-10-16-34-38(3,4)30-26-28(52(48,49)50)20-22-32(30)41(34)24-14-8-11-17-35(42)39-23-13-7-12-18-36(43)44/h6,9-10,15-16,19-22,25-26H,7-8,11-14,17-18,23-24H2,1-5H3,(H3-,39,42,43,44,45,46,47,48,49,50)/p+1. The highest BCUT2D eigenvalue weighted by molar-refractivity contribution is 7.86. The molecule has 2 aliphatic rings. The van der Waals surface area contributed by atoms with Gasteiger partial charge in [-0.15, -0.1) is 0 Å². The molecule has 0 saturated heterocycles. The molecule has 0 atom stereocenters. The maximum atomic E-state index is 12.3. The number of carboxylic acid groups (broad SMARTS) is 1. The summed E-state index contributed by atoms with van der Waals surface area (Å²) in [6.45, 7) is 9.15. The normalized spacial score (nSPS) is 17.4. The van der Waals surface area contributed by atoms with Gasteiger partial charge in [0.1, 0.15) is 7.05 Å². The van der Waals surface area contributed by atoms with Gasteiger partial charge in [0, 0.05) is 60.4 Å². The molecule has 0 aliphatic carbocycles. The number of carbonyl (C=O) groups is 2. The molecule has 282 valence electrons. The van der Waals surface area contributed by atoms with Gasteiger partial charge in [0.25, 0.3) is 20.2 Å². The zero-order chi connectivity index (χ0) is 38.5. The number of hydrogen-bond acceptors (Lipinski definition) is 7. The Bertz CT molecular complexity index is 2040. The van der Waals surface area contributed by atoms with Crippen molar-refractivity contribution < 1.29 is 45.2 Å². The van der Waals surface area contributed by atoms with Gasteiger partial charge >= 0.3 is 5.97 Å². The number of benzene rings is 2. The highest BCUT2D eigenvalue weighted by atomic mass is 32.2. The maximum absolute atomic E-state index is 12.3. The third-order valence-corrected chi connectivity index (χ3v) is 11.6. The van der Waals surface area contributed by atoms with Crippen molar-refractivity contribution in [1.29, 1.82) is 0 Å². The summed E-state index contributed by atoms with van der Waals surface area (Å²) in [5, 5.41) is 11.6. The summed E-state index contributed by atoms with van der Waals surface area (Å²) in [5.41, 5.74) is 4.00. The van der Waals surface area contributed by atoms with Crippen LogP contribution in [0, 0.1) is 0 Å². The van der Waals surface area contributed by atoms with Gasteiger partial charge in [0.2, 0.25) is 11.6 Å². The molecule has 12 nitrogen and oxygen atoms in total. The van der Waals surface area contributed by atoms with E-state index in [2.05, 4.69) is 10.2 Å². The van der Waals surface area contributed by atoms with E-state index in [1.54, 1.807) is 12.1 Å². The van der Waals surface area contributed by atoms with Crippen LogP contribution in [0.4, 0.5) is 11.4 Å². The van der Waals surface area contributed by atoms with E-state index in [0.717, 1.165) is 59.6 Å². The molecule has 0 fully saturated rings.